The van der Waals surface area contributed by atoms with Gasteiger partial charge < -0.3 is 32.7 Å². The average molecular weight is 687 g/mol. The number of carbonyl (C=O) groups is 1. The molecule has 1 amide bonds. The molecule has 0 spiro atoms. The van der Waals surface area contributed by atoms with E-state index in [4.69, 9.17) is 28.1 Å². The molecule has 0 saturated carbocycles. The maximum atomic E-state index is 12.7. The number of benzene rings is 3. The summed E-state index contributed by atoms with van der Waals surface area (Å²) >= 11 is 3.56. The van der Waals surface area contributed by atoms with Gasteiger partial charge in [0.2, 0.25) is 6.79 Å². The molecular weight excluding hydrogens is 654 g/mol. The highest BCUT2D eigenvalue weighted by Crippen LogP contribution is 2.36. The third-order valence-corrected chi connectivity index (χ3v) is 7.88. The van der Waals surface area contributed by atoms with Crippen LogP contribution in [0.5, 0.6) is 28.7 Å². The number of aryl methyl sites for hydroxylation is 2. The minimum Gasteiger partial charge on any atom is -0.490 e. The van der Waals surface area contributed by atoms with Crippen molar-refractivity contribution in [1.82, 2.24) is 9.99 Å². The number of amides is 1. The second kappa shape index (κ2) is 13.9. The van der Waals surface area contributed by atoms with Crippen LogP contribution in [-0.2, 0) is 13.2 Å². The molecule has 3 aromatic carbocycles. The molecule has 0 saturated heterocycles. The molecule has 46 heavy (non-hydrogen) atoms. The first-order valence-corrected chi connectivity index (χ1v) is 15.4. The van der Waals surface area contributed by atoms with E-state index >= 15 is 0 Å². The number of ether oxygens (including phenoxy) is 5. The molecule has 0 radical (unpaired) electrons. The summed E-state index contributed by atoms with van der Waals surface area (Å²) in [6.07, 6.45) is 1.51. The van der Waals surface area contributed by atoms with E-state index in [-0.39, 0.29) is 19.2 Å². The fourth-order valence-electron chi connectivity index (χ4n) is 4.94. The van der Waals surface area contributed by atoms with E-state index in [1.807, 2.05) is 49.4 Å². The van der Waals surface area contributed by atoms with E-state index in [2.05, 4.69) is 57.0 Å². The zero-order valence-corrected chi connectivity index (χ0v) is 27.1. The topological polar surface area (TPSA) is 106 Å². The van der Waals surface area contributed by atoms with Crippen LogP contribution in [0.15, 0.2) is 92.9 Å². The minimum absolute atomic E-state index is 0.117. The SMILES string of the molecule is CCOc1cc(/C=N/NC(=O)c2ccc(COc3ccc(-n4c(C)ccc4C)cc3)o2)c(Br)cc1OCc1ccc2c(c1)OCO2. The molecular formula is C35H32BrN3O7. The van der Waals surface area contributed by atoms with Gasteiger partial charge in [0.1, 0.15) is 24.7 Å². The highest BCUT2D eigenvalue weighted by molar-refractivity contribution is 9.10. The van der Waals surface area contributed by atoms with Gasteiger partial charge in [0, 0.05) is 27.1 Å². The minimum atomic E-state index is -0.492. The molecule has 11 heteroatoms. The summed E-state index contributed by atoms with van der Waals surface area (Å²) in [5.41, 5.74) is 7.50. The molecule has 0 aliphatic carbocycles. The van der Waals surface area contributed by atoms with E-state index < -0.39 is 5.91 Å². The number of hydrazone groups is 1. The number of hydrogen-bond acceptors (Lipinski definition) is 8. The van der Waals surface area contributed by atoms with Crippen molar-refractivity contribution in [2.45, 2.75) is 34.0 Å². The van der Waals surface area contributed by atoms with Crippen LogP contribution < -0.4 is 29.1 Å². The molecule has 3 heterocycles. The van der Waals surface area contributed by atoms with Crippen LogP contribution in [0.2, 0.25) is 0 Å². The van der Waals surface area contributed by atoms with E-state index in [9.17, 15) is 4.79 Å². The maximum absolute atomic E-state index is 12.7. The quantitative estimate of drug-likeness (QED) is 0.107. The molecule has 6 rings (SSSR count). The van der Waals surface area contributed by atoms with Crippen LogP contribution in [0.3, 0.4) is 0 Å². The average Bonchev–Trinajstić information content (AvgIpc) is 3.81. The Bertz CT molecular complexity index is 1860. The van der Waals surface area contributed by atoms with Gasteiger partial charge in [-0.1, -0.05) is 6.07 Å². The maximum Gasteiger partial charge on any atom is 0.307 e. The van der Waals surface area contributed by atoms with Crippen molar-refractivity contribution in [2.24, 2.45) is 5.10 Å². The van der Waals surface area contributed by atoms with E-state index in [0.717, 1.165) is 28.4 Å². The van der Waals surface area contributed by atoms with Crippen LogP contribution in [0, 0.1) is 13.8 Å². The molecule has 1 N–H and O–H groups in total. The van der Waals surface area contributed by atoms with Gasteiger partial charge in [-0.25, -0.2) is 5.43 Å². The number of rotatable bonds is 12. The standard InChI is InChI=1S/C35H32BrN3O7/c1-4-41-33-16-25(29(36)17-34(33)43-19-24-7-13-30-32(15-24)45-21-44-30)18-37-38-35(40)31-14-12-28(46-31)20-42-27-10-8-26(9-11-27)39-22(2)5-6-23(39)3/h5-18H,4,19-21H2,1-3H3,(H,38,40)/b37-18+. The van der Waals surface area contributed by atoms with Crippen molar-refractivity contribution in [2.75, 3.05) is 13.4 Å². The summed E-state index contributed by atoms with van der Waals surface area (Å²) in [6, 6.07) is 24.6. The second-order valence-corrected chi connectivity index (χ2v) is 11.3. The van der Waals surface area contributed by atoms with Crippen LogP contribution in [0.1, 0.15) is 45.8 Å². The molecule has 0 atom stereocenters. The van der Waals surface area contributed by atoms with E-state index in [0.29, 0.717) is 52.0 Å². The number of nitrogens with zero attached hydrogens (tertiary/aromatic N) is 2. The summed E-state index contributed by atoms with van der Waals surface area (Å²) in [5.74, 6) is 3.34. The van der Waals surface area contributed by atoms with E-state index in [1.165, 1.54) is 6.21 Å². The highest BCUT2D eigenvalue weighted by atomic mass is 79.9. The van der Waals surface area contributed by atoms with Gasteiger partial charge in [-0.15, -0.1) is 0 Å². The number of furan rings is 1. The van der Waals surface area contributed by atoms with Crippen LogP contribution in [0.25, 0.3) is 5.69 Å². The molecule has 0 bridgehead atoms. The normalized spacial score (nSPS) is 12.0. The lowest BCUT2D eigenvalue weighted by Gasteiger charge is -2.14. The Morgan fingerprint density at radius 2 is 1.65 bits per heavy atom. The Balaban J connectivity index is 1.03. The number of aromatic nitrogens is 1. The molecule has 5 aromatic rings. The summed E-state index contributed by atoms with van der Waals surface area (Å²) in [4.78, 5) is 12.7. The van der Waals surface area contributed by atoms with Gasteiger partial charge in [-0.3, -0.25) is 4.79 Å². The number of nitrogens with one attached hydrogen (secondary N) is 1. The van der Waals surface area contributed by atoms with Gasteiger partial charge in [-0.2, -0.15) is 5.10 Å². The van der Waals surface area contributed by atoms with Gasteiger partial charge in [0.25, 0.3) is 0 Å². The third kappa shape index (κ3) is 7.05. The van der Waals surface area contributed by atoms with Crippen molar-refractivity contribution in [3.05, 3.63) is 117 Å². The molecule has 10 nitrogen and oxygen atoms in total. The first-order chi connectivity index (χ1) is 22.4. The number of halogens is 1. The van der Waals surface area contributed by atoms with Crippen LogP contribution in [0.4, 0.5) is 0 Å². The largest absolute Gasteiger partial charge is 0.490 e. The summed E-state index contributed by atoms with van der Waals surface area (Å²) < 4.78 is 37.1. The predicted molar refractivity (Wildman–Crippen MR) is 176 cm³/mol. The molecule has 1 aliphatic heterocycles. The van der Waals surface area contributed by atoms with E-state index in [1.54, 1.807) is 24.3 Å². The Morgan fingerprint density at radius 1 is 0.891 bits per heavy atom. The number of carbonyl (C=O) groups excluding carboxylic acids is 1. The Hall–Kier alpha value is -5.16. The highest BCUT2D eigenvalue weighted by Gasteiger charge is 2.16. The van der Waals surface area contributed by atoms with Crippen molar-refractivity contribution >= 4 is 28.1 Å². The van der Waals surface area contributed by atoms with Crippen molar-refractivity contribution < 1.29 is 32.9 Å². The lowest BCUT2D eigenvalue weighted by Crippen LogP contribution is -2.16. The Morgan fingerprint density at radius 3 is 2.43 bits per heavy atom. The van der Waals surface area contributed by atoms with Crippen LogP contribution >= 0.6 is 15.9 Å². The van der Waals surface area contributed by atoms with Crippen LogP contribution in [-0.4, -0.2) is 30.1 Å². The van der Waals surface area contributed by atoms with Crippen molar-refractivity contribution in [3.8, 4) is 34.4 Å². The summed E-state index contributed by atoms with van der Waals surface area (Å²) in [7, 11) is 0. The lowest BCUT2D eigenvalue weighted by molar-refractivity contribution is 0.0923. The summed E-state index contributed by atoms with van der Waals surface area (Å²) in [6.45, 7) is 7.18. The van der Waals surface area contributed by atoms with Gasteiger partial charge in [-0.05, 0) is 115 Å². The van der Waals surface area contributed by atoms with Crippen molar-refractivity contribution in [3.63, 3.8) is 0 Å². The molecule has 2 aromatic heterocycles. The molecule has 236 valence electrons. The van der Waals surface area contributed by atoms with Gasteiger partial charge >= 0.3 is 5.91 Å². The second-order valence-electron chi connectivity index (χ2n) is 10.4. The number of fused-ring (bicyclic) bond motifs is 1. The Kier molecular flexibility index (Phi) is 9.30. The Labute approximate surface area is 274 Å². The molecule has 1 aliphatic rings. The smallest absolute Gasteiger partial charge is 0.307 e. The van der Waals surface area contributed by atoms with Gasteiger partial charge in [0.15, 0.2) is 28.8 Å². The van der Waals surface area contributed by atoms with Crippen molar-refractivity contribution in [1.29, 1.82) is 0 Å². The zero-order chi connectivity index (χ0) is 32.0. The fourth-order valence-corrected chi connectivity index (χ4v) is 5.36. The third-order valence-electron chi connectivity index (χ3n) is 7.20. The predicted octanol–water partition coefficient (Wildman–Crippen LogP) is 7.50. The first kappa shape index (κ1) is 30.8. The fraction of sp³-hybridized carbons (Fsp3) is 0.200. The monoisotopic (exact) mass is 685 g/mol. The lowest BCUT2D eigenvalue weighted by atomic mass is 10.2. The zero-order valence-electron chi connectivity index (χ0n) is 25.5. The van der Waals surface area contributed by atoms with Gasteiger partial charge in [0.05, 0.1) is 12.8 Å². The number of hydrogen-bond donors (Lipinski definition) is 1. The first-order valence-electron chi connectivity index (χ1n) is 14.7. The molecule has 0 unspecified atom stereocenters. The molecule has 0 fully saturated rings. The summed E-state index contributed by atoms with van der Waals surface area (Å²) in [5, 5.41) is 4.11.